The number of methoxy groups -OCH3 is 1. The van der Waals surface area contributed by atoms with E-state index < -0.39 is 0 Å². The zero-order chi connectivity index (χ0) is 20.5. The van der Waals surface area contributed by atoms with Gasteiger partial charge < -0.3 is 15.4 Å². The van der Waals surface area contributed by atoms with E-state index in [1.165, 1.54) is 5.56 Å². The van der Waals surface area contributed by atoms with Crippen molar-refractivity contribution in [3.63, 3.8) is 0 Å². The van der Waals surface area contributed by atoms with Gasteiger partial charge in [-0.2, -0.15) is 0 Å². The number of hydrogen-bond donors (Lipinski definition) is 2. The highest BCUT2D eigenvalue weighted by Gasteiger charge is 2.16. The van der Waals surface area contributed by atoms with E-state index in [2.05, 4.69) is 16.7 Å². The molecule has 0 saturated carbocycles. The largest absolute Gasteiger partial charge is 0.496 e. The lowest BCUT2D eigenvalue weighted by Gasteiger charge is -2.17. The molecule has 2 aromatic rings. The Hall–Kier alpha value is -2.37. The number of ether oxygens (including phenoxy) is 1. The van der Waals surface area contributed by atoms with E-state index in [4.69, 9.17) is 4.74 Å². The van der Waals surface area contributed by atoms with E-state index in [0.29, 0.717) is 19.3 Å². The van der Waals surface area contributed by atoms with Crippen molar-refractivity contribution in [1.82, 2.24) is 5.32 Å². The van der Waals surface area contributed by atoms with Crippen LogP contribution in [0.25, 0.3) is 0 Å². The third kappa shape index (κ3) is 6.85. The van der Waals surface area contributed by atoms with Crippen LogP contribution in [0, 0.1) is 0 Å². The van der Waals surface area contributed by atoms with Gasteiger partial charge in [-0.25, -0.2) is 0 Å². The minimum atomic E-state index is 0. The first kappa shape index (κ1) is 23.9. The zero-order valence-corrected chi connectivity index (χ0v) is 18.4. The summed E-state index contributed by atoms with van der Waals surface area (Å²) in [4.78, 5) is 23.9. The molecule has 1 aliphatic rings. The lowest BCUT2D eigenvalue weighted by atomic mass is 9.97. The Labute approximate surface area is 185 Å². The molecule has 2 aromatic carbocycles. The smallest absolute Gasteiger partial charge is 0.224 e. The van der Waals surface area contributed by atoms with Gasteiger partial charge in [-0.1, -0.05) is 24.6 Å². The number of anilines is 1. The Kier molecular flexibility index (Phi) is 9.84. The maximum absolute atomic E-state index is 12.4. The lowest BCUT2D eigenvalue weighted by Crippen LogP contribution is -2.19. The Morgan fingerprint density at radius 1 is 1.07 bits per heavy atom. The van der Waals surface area contributed by atoms with E-state index >= 15 is 0 Å². The van der Waals surface area contributed by atoms with Crippen molar-refractivity contribution in [2.24, 2.45) is 0 Å². The molecule has 30 heavy (non-hydrogen) atoms. The van der Waals surface area contributed by atoms with Crippen molar-refractivity contribution >= 4 is 29.8 Å². The molecule has 0 spiro atoms. The van der Waals surface area contributed by atoms with Crippen molar-refractivity contribution in [2.45, 2.75) is 44.9 Å². The molecule has 0 aromatic heterocycles. The second kappa shape index (κ2) is 12.4. The molecule has 6 heteroatoms. The number of benzene rings is 2. The number of fused-ring (bicyclic) bond motifs is 1. The summed E-state index contributed by atoms with van der Waals surface area (Å²) in [6.45, 7) is 1.88. The minimum absolute atomic E-state index is 0. The van der Waals surface area contributed by atoms with Crippen molar-refractivity contribution < 1.29 is 14.3 Å². The van der Waals surface area contributed by atoms with Gasteiger partial charge in [0.2, 0.25) is 5.91 Å². The van der Waals surface area contributed by atoms with Crippen molar-refractivity contribution in [3.8, 4) is 5.75 Å². The molecule has 2 N–H and O–H groups in total. The molecule has 3 rings (SSSR count). The Bertz CT molecular complexity index is 854. The van der Waals surface area contributed by atoms with Gasteiger partial charge in [0.1, 0.15) is 5.75 Å². The summed E-state index contributed by atoms with van der Waals surface area (Å²) in [5.74, 6) is 1.18. The SMILES string of the molecule is COc1ccccc1CCNCCCCCC(=O)c1ccc2c(c1)CCC(=O)N2.Cl. The molecule has 1 heterocycles. The molecule has 162 valence electrons. The minimum Gasteiger partial charge on any atom is -0.496 e. The summed E-state index contributed by atoms with van der Waals surface area (Å²) in [7, 11) is 1.70. The Morgan fingerprint density at radius 2 is 1.90 bits per heavy atom. The quantitative estimate of drug-likeness (QED) is 0.404. The molecular weight excluding hydrogens is 400 g/mol. The number of hydrogen-bond acceptors (Lipinski definition) is 4. The third-order valence-corrected chi connectivity index (χ3v) is 5.34. The second-order valence-corrected chi connectivity index (χ2v) is 7.47. The first-order valence-corrected chi connectivity index (χ1v) is 10.5. The summed E-state index contributed by atoms with van der Waals surface area (Å²) in [5.41, 5.74) is 3.89. The van der Waals surface area contributed by atoms with Gasteiger partial charge in [0.25, 0.3) is 0 Å². The van der Waals surface area contributed by atoms with E-state index in [0.717, 1.165) is 61.3 Å². The van der Waals surface area contributed by atoms with Gasteiger partial charge in [-0.15, -0.1) is 12.4 Å². The number of carbonyl (C=O) groups excluding carboxylic acids is 2. The summed E-state index contributed by atoms with van der Waals surface area (Å²) < 4.78 is 5.37. The predicted octanol–water partition coefficient (Wildman–Crippen LogP) is 4.58. The average molecular weight is 431 g/mol. The number of nitrogens with one attached hydrogen (secondary N) is 2. The van der Waals surface area contributed by atoms with Crippen LogP contribution in [0.4, 0.5) is 5.69 Å². The summed E-state index contributed by atoms with van der Waals surface area (Å²) in [5, 5.41) is 6.32. The van der Waals surface area contributed by atoms with Crippen LogP contribution in [0.1, 0.15) is 53.6 Å². The monoisotopic (exact) mass is 430 g/mol. The first-order chi connectivity index (χ1) is 14.2. The average Bonchev–Trinajstić information content (AvgIpc) is 2.75. The number of Topliss-reactive ketones (excluding diaryl/α,β-unsaturated/α-hetero) is 1. The van der Waals surface area contributed by atoms with Gasteiger partial charge in [0.05, 0.1) is 7.11 Å². The highest BCUT2D eigenvalue weighted by atomic mass is 35.5. The standard InChI is InChI=1S/C24H30N2O3.ClH/c1-29-23-9-5-4-7-18(23)14-16-25-15-6-2-3-8-22(27)20-10-12-21-19(17-20)11-13-24(28)26-21;/h4-5,7,9-10,12,17,25H,2-3,6,8,11,13-16H2,1H3,(H,26,28);1H. The van der Waals surface area contributed by atoms with Crippen LogP contribution < -0.4 is 15.4 Å². The highest BCUT2D eigenvalue weighted by molar-refractivity contribution is 5.98. The van der Waals surface area contributed by atoms with E-state index in [1.54, 1.807) is 7.11 Å². The fourth-order valence-corrected chi connectivity index (χ4v) is 3.67. The van der Waals surface area contributed by atoms with Gasteiger partial charge >= 0.3 is 0 Å². The molecular formula is C24H31ClN2O3. The highest BCUT2D eigenvalue weighted by Crippen LogP contribution is 2.24. The van der Waals surface area contributed by atoms with Crippen molar-refractivity contribution in [2.75, 3.05) is 25.5 Å². The number of aryl methyl sites for hydroxylation is 1. The zero-order valence-electron chi connectivity index (χ0n) is 17.5. The van der Waals surface area contributed by atoms with E-state index in [-0.39, 0.29) is 24.1 Å². The molecule has 0 fully saturated rings. The van der Waals surface area contributed by atoms with Crippen LogP contribution in [-0.4, -0.2) is 31.9 Å². The fraction of sp³-hybridized carbons (Fsp3) is 0.417. The number of halogens is 1. The second-order valence-electron chi connectivity index (χ2n) is 7.47. The Balaban J connectivity index is 0.00000320. The summed E-state index contributed by atoms with van der Waals surface area (Å²) >= 11 is 0. The Morgan fingerprint density at radius 3 is 2.73 bits per heavy atom. The number of amides is 1. The molecule has 1 aliphatic heterocycles. The van der Waals surface area contributed by atoms with Crippen molar-refractivity contribution in [1.29, 1.82) is 0 Å². The van der Waals surface area contributed by atoms with Crippen LogP contribution in [0.2, 0.25) is 0 Å². The van der Waals surface area contributed by atoms with Crippen LogP contribution in [-0.2, 0) is 17.6 Å². The van der Waals surface area contributed by atoms with Crippen LogP contribution >= 0.6 is 12.4 Å². The number of para-hydroxylation sites is 1. The van der Waals surface area contributed by atoms with Gasteiger partial charge in [-0.05, 0) is 74.2 Å². The molecule has 0 saturated heterocycles. The van der Waals surface area contributed by atoms with Crippen LogP contribution in [0.3, 0.4) is 0 Å². The molecule has 0 unspecified atom stereocenters. The number of ketones is 1. The summed E-state index contributed by atoms with van der Waals surface area (Å²) in [6.07, 6.45) is 5.73. The lowest BCUT2D eigenvalue weighted by molar-refractivity contribution is -0.116. The molecule has 5 nitrogen and oxygen atoms in total. The first-order valence-electron chi connectivity index (χ1n) is 10.5. The van der Waals surface area contributed by atoms with Gasteiger partial charge in [-0.3, -0.25) is 9.59 Å². The normalized spacial score (nSPS) is 12.5. The van der Waals surface area contributed by atoms with Gasteiger partial charge in [0, 0.05) is 24.1 Å². The predicted molar refractivity (Wildman–Crippen MR) is 123 cm³/mol. The molecule has 0 radical (unpaired) electrons. The van der Waals surface area contributed by atoms with E-state index in [1.807, 2.05) is 36.4 Å². The maximum Gasteiger partial charge on any atom is 0.224 e. The number of carbonyl (C=O) groups is 2. The van der Waals surface area contributed by atoms with Crippen LogP contribution in [0.15, 0.2) is 42.5 Å². The molecule has 0 atom stereocenters. The molecule has 0 aliphatic carbocycles. The van der Waals surface area contributed by atoms with Crippen LogP contribution in [0.5, 0.6) is 5.75 Å². The van der Waals surface area contributed by atoms with Crippen molar-refractivity contribution in [3.05, 3.63) is 59.2 Å². The maximum atomic E-state index is 12.4. The van der Waals surface area contributed by atoms with E-state index in [9.17, 15) is 9.59 Å². The van der Waals surface area contributed by atoms with Gasteiger partial charge in [0.15, 0.2) is 5.78 Å². The number of unbranched alkanes of at least 4 members (excludes halogenated alkanes) is 2. The molecule has 0 bridgehead atoms. The topological polar surface area (TPSA) is 67.4 Å². The summed E-state index contributed by atoms with van der Waals surface area (Å²) in [6, 6.07) is 13.7. The number of rotatable bonds is 11. The third-order valence-electron chi connectivity index (χ3n) is 5.34. The fourth-order valence-electron chi connectivity index (χ4n) is 3.67. The molecule has 1 amide bonds.